The zero-order chi connectivity index (χ0) is 14.1. The van der Waals surface area contributed by atoms with E-state index in [4.69, 9.17) is 9.47 Å². The summed E-state index contributed by atoms with van der Waals surface area (Å²) >= 11 is 3.36. The number of halogens is 2. The van der Waals surface area contributed by atoms with Crippen molar-refractivity contribution in [3.8, 4) is 0 Å². The van der Waals surface area contributed by atoms with Gasteiger partial charge in [0.2, 0.25) is 0 Å². The summed E-state index contributed by atoms with van der Waals surface area (Å²) in [4.78, 5) is 0. The van der Waals surface area contributed by atoms with Gasteiger partial charge in [-0.25, -0.2) is 4.39 Å². The topological polar surface area (TPSA) is 30.5 Å². The van der Waals surface area contributed by atoms with Crippen LogP contribution in [0.4, 0.5) is 4.39 Å². The third-order valence-corrected chi connectivity index (χ3v) is 3.27. The van der Waals surface area contributed by atoms with Crippen LogP contribution in [0, 0.1) is 5.82 Å². The van der Waals surface area contributed by atoms with E-state index in [0.717, 1.165) is 17.4 Å². The van der Waals surface area contributed by atoms with Crippen LogP contribution in [0.1, 0.15) is 24.9 Å². The molecule has 0 aliphatic heterocycles. The quantitative estimate of drug-likeness (QED) is 0.703. The van der Waals surface area contributed by atoms with Crippen molar-refractivity contribution < 1.29 is 13.9 Å². The van der Waals surface area contributed by atoms with Crippen molar-refractivity contribution in [2.75, 3.05) is 33.5 Å². The molecule has 1 N–H and O–H groups in total. The van der Waals surface area contributed by atoms with Gasteiger partial charge in [0, 0.05) is 29.8 Å². The van der Waals surface area contributed by atoms with Crippen molar-refractivity contribution in [1.82, 2.24) is 5.32 Å². The lowest BCUT2D eigenvalue weighted by atomic mass is 10.1. The molecule has 0 heterocycles. The molecule has 1 atom stereocenters. The average Bonchev–Trinajstić information content (AvgIpc) is 2.40. The van der Waals surface area contributed by atoms with Gasteiger partial charge in [-0.3, -0.25) is 0 Å². The van der Waals surface area contributed by atoms with Gasteiger partial charge in [0.15, 0.2) is 0 Å². The number of ether oxygens (including phenoxy) is 2. The molecular formula is C14H21BrFNO2. The van der Waals surface area contributed by atoms with Crippen LogP contribution >= 0.6 is 15.9 Å². The third-order valence-electron chi connectivity index (χ3n) is 2.77. The van der Waals surface area contributed by atoms with Gasteiger partial charge in [0.25, 0.3) is 0 Å². The molecule has 0 aliphatic carbocycles. The van der Waals surface area contributed by atoms with E-state index in [-0.39, 0.29) is 11.9 Å². The Morgan fingerprint density at radius 1 is 1.32 bits per heavy atom. The normalized spacial score (nSPS) is 12.6. The van der Waals surface area contributed by atoms with E-state index in [9.17, 15) is 4.39 Å². The number of benzene rings is 1. The fraction of sp³-hybridized carbons (Fsp3) is 0.571. The van der Waals surface area contributed by atoms with Crippen LogP contribution in [0.15, 0.2) is 22.7 Å². The van der Waals surface area contributed by atoms with E-state index >= 15 is 0 Å². The fourth-order valence-corrected chi connectivity index (χ4v) is 2.07. The summed E-state index contributed by atoms with van der Waals surface area (Å²) in [5.74, 6) is -0.181. The molecule has 1 unspecified atom stereocenters. The van der Waals surface area contributed by atoms with Gasteiger partial charge in [0.1, 0.15) is 5.82 Å². The lowest BCUT2D eigenvalue weighted by Crippen LogP contribution is -2.22. The maximum Gasteiger partial charge on any atom is 0.128 e. The minimum atomic E-state index is -0.181. The maximum atomic E-state index is 13.6. The van der Waals surface area contributed by atoms with Crippen LogP contribution < -0.4 is 5.32 Å². The van der Waals surface area contributed by atoms with Crippen LogP contribution in [0.3, 0.4) is 0 Å². The lowest BCUT2D eigenvalue weighted by Gasteiger charge is -2.15. The summed E-state index contributed by atoms with van der Waals surface area (Å²) < 4.78 is 24.8. The molecule has 108 valence electrons. The Labute approximate surface area is 122 Å². The molecule has 19 heavy (non-hydrogen) atoms. The van der Waals surface area contributed by atoms with E-state index in [1.54, 1.807) is 13.2 Å². The van der Waals surface area contributed by atoms with Crippen LogP contribution in [0.5, 0.6) is 0 Å². The molecule has 0 saturated heterocycles. The molecule has 0 fully saturated rings. The maximum absolute atomic E-state index is 13.6. The number of hydrogen-bond donors (Lipinski definition) is 1. The number of nitrogens with one attached hydrogen (secondary N) is 1. The van der Waals surface area contributed by atoms with Gasteiger partial charge in [-0.05, 0) is 38.1 Å². The Hall–Kier alpha value is -0.490. The van der Waals surface area contributed by atoms with E-state index < -0.39 is 0 Å². The minimum absolute atomic E-state index is 0.0172. The van der Waals surface area contributed by atoms with Gasteiger partial charge in [-0.15, -0.1) is 0 Å². The van der Waals surface area contributed by atoms with Crippen LogP contribution in [0.2, 0.25) is 0 Å². The average molecular weight is 334 g/mol. The summed E-state index contributed by atoms with van der Waals surface area (Å²) in [6, 6.07) is 4.97. The molecule has 0 amide bonds. The second-order valence-electron chi connectivity index (χ2n) is 4.30. The summed E-state index contributed by atoms with van der Waals surface area (Å²) in [5, 5.41) is 3.29. The van der Waals surface area contributed by atoms with Crippen LogP contribution in [0.25, 0.3) is 0 Å². The first-order chi connectivity index (χ1) is 9.15. The van der Waals surface area contributed by atoms with Crippen molar-refractivity contribution in [3.63, 3.8) is 0 Å². The second-order valence-corrected chi connectivity index (χ2v) is 5.22. The minimum Gasteiger partial charge on any atom is -0.382 e. The van der Waals surface area contributed by atoms with Crippen molar-refractivity contribution in [2.24, 2.45) is 0 Å². The van der Waals surface area contributed by atoms with Crippen molar-refractivity contribution in [3.05, 3.63) is 34.1 Å². The van der Waals surface area contributed by atoms with E-state index in [1.807, 2.05) is 13.0 Å². The standard InChI is InChI=1S/C14H21BrFNO2/c1-11(13-10-12(15)4-5-14(13)16)17-6-3-7-19-9-8-18-2/h4-5,10-11,17H,3,6-9H2,1-2H3. The molecule has 0 bridgehead atoms. The van der Waals surface area contributed by atoms with Gasteiger partial charge in [-0.1, -0.05) is 15.9 Å². The predicted octanol–water partition coefficient (Wildman–Crippen LogP) is 3.29. The number of methoxy groups -OCH3 is 1. The first-order valence-corrected chi connectivity index (χ1v) is 7.19. The van der Waals surface area contributed by atoms with Crippen LogP contribution in [-0.4, -0.2) is 33.5 Å². The van der Waals surface area contributed by atoms with Crippen molar-refractivity contribution in [1.29, 1.82) is 0 Å². The monoisotopic (exact) mass is 333 g/mol. The Morgan fingerprint density at radius 3 is 2.84 bits per heavy atom. The van der Waals surface area contributed by atoms with Gasteiger partial charge in [-0.2, -0.15) is 0 Å². The number of rotatable bonds is 9. The molecule has 3 nitrogen and oxygen atoms in total. The van der Waals surface area contributed by atoms with E-state index in [0.29, 0.717) is 25.4 Å². The Morgan fingerprint density at radius 2 is 2.11 bits per heavy atom. The zero-order valence-electron chi connectivity index (χ0n) is 11.4. The van der Waals surface area contributed by atoms with Gasteiger partial charge >= 0.3 is 0 Å². The molecule has 5 heteroatoms. The Bertz CT molecular complexity index is 376. The molecule has 1 aromatic carbocycles. The summed E-state index contributed by atoms with van der Waals surface area (Å²) in [6.45, 7) is 4.67. The summed E-state index contributed by atoms with van der Waals surface area (Å²) in [5.41, 5.74) is 0.676. The largest absolute Gasteiger partial charge is 0.382 e. The smallest absolute Gasteiger partial charge is 0.128 e. The molecule has 1 rings (SSSR count). The molecule has 0 aliphatic rings. The van der Waals surface area contributed by atoms with E-state index in [1.165, 1.54) is 6.07 Å². The summed E-state index contributed by atoms with van der Waals surface area (Å²) in [7, 11) is 1.65. The highest BCUT2D eigenvalue weighted by Gasteiger charge is 2.10. The number of hydrogen-bond acceptors (Lipinski definition) is 3. The van der Waals surface area contributed by atoms with Crippen LogP contribution in [-0.2, 0) is 9.47 Å². The SMILES string of the molecule is COCCOCCCNC(C)c1cc(Br)ccc1F. The Kier molecular flexibility index (Phi) is 8.21. The highest BCUT2D eigenvalue weighted by Crippen LogP contribution is 2.21. The molecule has 0 spiro atoms. The third kappa shape index (κ3) is 6.47. The van der Waals surface area contributed by atoms with E-state index in [2.05, 4.69) is 21.2 Å². The Balaban J connectivity index is 2.23. The van der Waals surface area contributed by atoms with Gasteiger partial charge < -0.3 is 14.8 Å². The first kappa shape index (κ1) is 16.6. The van der Waals surface area contributed by atoms with Crippen molar-refractivity contribution >= 4 is 15.9 Å². The zero-order valence-corrected chi connectivity index (χ0v) is 13.0. The second kappa shape index (κ2) is 9.42. The predicted molar refractivity (Wildman–Crippen MR) is 77.8 cm³/mol. The molecule has 0 radical (unpaired) electrons. The molecule has 1 aromatic rings. The highest BCUT2D eigenvalue weighted by molar-refractivity contribution is 9.10. The first-order valence-electron chi connectivity index (χ1n) is 6.40. The molecule has 0 aromatic heterocycles. The molecule has 0 saturated carbocycles. The lowest BCUT2D eigenvalue weighted by molar-refractivity contribution is 0.0693. The van der Waals surface area contributed by atoms with Crippen molar-refractivity contribution in [2.45, 2.75) is 19.4 Å². The molecular weight excluding hydrogens is 313 g/mol. The highest BCUT2D eigenvalue weighted by atomic mass is 79.9. The fourth-order valence-electron chi connectivity index (χ4n) is 1.69. The summed E-state index contributed by atoms with van der Waals surface area (Å²) in [6.07, 6.45) is 0.893. The van der Waals surface area contributed by atoms with Gasteiger partial charge in [0.05, 0.1) is 13.2 Å².